The van der Waals surface area contributed by atoms with Crippen molar-refractivity contribution in [2.45, 2.75) is 19.6 Å². The standard InChI is InChI=1S/C20H21ClN2O4S2/c1-3-12-7-14(20(29-12)22-17(24)9-28-10-18(25)26)19(27)15-8-23(2)16-5-4-11(21)6-13(15)16/h4-8,17,22,24H,3,9-10H2,1-2H3,(H,25,26). The Morgan fingerprint density at radius 3 is 2.76 bits per heavy atom. The molecule has 1 aromatic carbocycles. The van der Waals surface area contributed by atoms with Crippen LogP contribution in [0.15, 0.2) is 30.5 Å². The van der Waals surface area contributed by atoms with Crippen molar-refractivity contribution in [1.29, 1.82) is 0 Å². The monoisotopic (exact) mass is 452 g/mol. The van der Waals surface area contributed by atoms with Crippen molar-refractivity contribution in [2.24, 2.45) is 7.05 Å². The van der Waals surface area contributed by atoms with Crippen LogP contribution in [0.1, 0.15) is 27.7 Å². The number of aryl methyl sites for hydroxylation is 2. The molecule has 0 aliphatic rings. The van der Waals surface area contributed by atoms with E-state index in [1.807, 2.05) is 30.7 Å². The number of nitrogens with zero attached hydrogens (tertiary/aromatic N) is 1. The first-order valence-corrected chi connectivity index (χ1v) is 11.3. The summed E-state index contributed by atoms with van der Waals surface area (Å²) in [5.74, 6) is -0.978. The zero-order chi connectivity index (χ0) is 21.1. The van der Waals surface area contributed by atoms with Crippen LogP contribution in [0.2, 0.25) is 5.02 Å². The number of benzene rings is 1. The second-order valence-electron chi connectivity index (χ2n) is 6.52. The van der Waals surface area contributed by atoms with Crippen molar-refractivity contribution < 1.29 is 19.8 Å². The lowest BCUT2D eigenvalue weighted by Gasteiger charge is -2.13. The molecule has 3 N–H and O–H groups in total. The fraction of sp³-hybridized carbons (Fsp3) is 0.300. The van der Waals surface area contributed by atoms with E-state index < -0.39 is 12.2 Å². The lowest BCUT2D eigenvalue weighted by atomic mass is 10.0. The first kappa shape index (κ1) is 21.7. The number of carbonyl (C=O) groups is 2. The molecule has 3 rings (SSSR count). The number of aliphatic hydroxyl groups is 1. The van der Waals surface area contributed by atoms with Gasteiger partial charge < -0.3 is 20.1 Å². The number of carboxylic acid groups (broad SMARTS) is 1. The molecule has 0 radical (unpaired) electrons. The lowest BCUT2D eigenvalue weighted by Crippen LogP contribution is -2.22. The molecule has 0 saturated carbocycles. The fourth-order valence-electron chi connectivity index (χ4n) is 3.03. The van der Waals surface area contributed by atoms with E-state index in [0.29, 0.717) is 21.2 Å². The summed E-state index contributed by atoms with van der Waals surface area (Å²) in [4.78, 5) is 25.0. The van der Waals surface area contributed by atoms with Gasteiger partial charge in [0.25, 0.3) is 0 Å². The van der Waals surface area contributed by atoms with Gasteiger partial charge in [0.15, 0.2) is 5.78 Å². The normalized spacial score (nSPS) is 12.3. The van der Waals surface area contributed by atoms with Crippen LogP contribution >= 0.6 is 34.7 Å². The molecule has 0 bridgehead atoms. The van der Waals surface area contributed by atoms with Gasteiger partial charge in [-0.25, -0.2) is 0 Å². The van der Waals surface area contributed by atoms with Crippen LogP contribution in [0, 0.1) is 0 Å². The number of hydrogen-bond donors (Lipinski definition) is 3. The van der Waals surface area contributed by atoms with E-state index in [4.69, 9.17) is 16.7 Å². The SMILES string of the molecule is CCc1cc(C(=O)c2cn(C)c3ccc(Cl)cc23)c(NC(O)CSCC(=O)O)s1. The average Bonchev–Trinajstić information content (AvgIpc) is 3.21. The van der Waals surface area contributed by atoms with E-state index in [1.54, 1.807) is 18.3 Å². The molecular weight excluding hydrogens is 432 g/mol. The van der Waals surface area contributed by atoms with E-state index in [-0.39, 0.29) is 17.3 Å². The van der Waals surface area contributed by atoms with Crippen molar-refractivity contribution in [3.8, 4) is 0 Å². The van der Waals surface area contributed by atoms with Gasteiger partial charge in [-0.15, -0.1) is 23.1 Å². The predicted molar refractivity (Wildman–Crippen MR) is 120 cm³/mol. The number of halogens is 1. The molecule has 1 unspecified atom stereocenters. The van der Waals surface area contributed by atoms with Crippen molar-refractivity contribution in [2.75, 3.05) is 16.8 Å². The van der Waals surface area contributed by atoms with Gasteiger partial charge in [0, 0.05) is 45.4 Å². The highest BCUT2D eigenvalue weighted by molar-refractivity contribution is 7.99. The molecule has 0 fully saturated rings. The number of fused-ring (bicyclic) bond motifs is 1. The first-order valence-electron chi connectivity index (χ1n) is 8.96. The molecule has 0 saturated heterocycles. The molecule has 9 heteroatoms. The van der Waals surface area contributed by atoms with Crippen molar-refractivity contribution in [3.63, 3.8) is 0 Å². The Morgan fingerprint density at radius 2 is 2.07 bits per heavy atom. The number of anilines is 1. The molecule has 0 aliphatic carbocycles. The second kappa shape index (κ2) is 9.21. The molecule has 3 aromatic rings. The maximum Gasteiger partial charge on any atom is 0.313 e. The molecule has 0 aliphatic heterocycles. The Bertz CT molecular complexity index is 1060. The largest absolute Gasteiger partial charge is 0.481 e. The minimum Gasteiger partial charge on any atom is -0.481 e. The number of carbonyl (C=O) groups excluding carboxylic acids is 1. The van der Waals surface area contributed by atoms with E-state index in [2.05, 4.69) is 5.32 Å². The Kier molecular flexibility index (Phi) is 6.89. The number of rotatable bonds is 9. The summed E-state index contributed by atoms with van der Waals surface area (Å²) in [5.41, 5.74) is 1.94. The van der Waals surface area contributed by atoms with Crippen molar-refractivity contribution >= 4 is 62.4 Å². The number of hydrogen-bond acceptors (Lipinski definition) is 6. The minimum absolute atomic E-state index is 0.0913. The average molecular weight is 453 g/mol. The number of ketones is 1. The third kappa shape index (κ3) is 4.95. The number of thiophene rings is 1. The molecule has 6 nitrogen and oxygen atoms in total. The number of aliphatic carboxylic acids is 1. The summed E-state index contributed by atoms with van der Waals surface area (Å²) in [7, 11) is 1.88. The van der Waals surface area contributed by atoms with Crippen LogP contribution in [-0.2, 0) is 18.3 Å². The molecule has 2 aromatic heterocycles. The van der Waals surface area contributed by atoms with Crippen LogP contribution in [0.5, 0.6) is 0 Å². The van der Waals surface area contributed by atoms with Crippen LogP contribution in [0.25, 0.3) is 10.9 Å². The van der Waals surface area contributed by atoms with Crippen LogP contribution in [0.3, 0.4) is 0 Å². The zero-order valence-electron chi connectivity index (χ0n) is 15.9. The highest BCUT2D eigenvalue weighted by Gasteiger charge is 2.22. The van der Waals surface area contributed by atoms with Gasteiger partial charge in [0.1, 0.15) is 11.2 Å². The molecule has 1 atom stereocenters. The highest BCUT2D eigenvalue weighted by Crippen LogP contribution is 2.34. The van der Waals surface area contributed by atoms with Gasteiger partial charge >= 0.3 is 5.97 Å². The van der Waals surface area contributed by atoms with Crippen LogP contribution in [0.4, 0.5) is 5.00 Å². The molecule has 0 spiro atoms. The fourth-order valence-corrected chi connectivity index (χ4v) is 4.84. The summed E-state index contributed by atoms with van der Waals surface area (Å²) in [6, 6.07) is 7.29. The van der Waals surface area contributed by atoms with Gasteiger partial charge in [0.05, 0.1) is 11.3 Å². The first-order chi connectivity index (χ1) is 13.8. The predicted octanol–water partition coefficient (Wildman–Crippen LogP) is 4.23. The third-order valence-electron chi connectivity index (χ3n) is 4.37. The smallest absolute Gasteiger partial charge is 0.313 e. The molecule has 2 heterocycles. The van der Waals surface area contributed by atoms with E-state index >= 15 is 0 Å². The quantitative estimate of drug-likeness (QED) is 0.332. The second-order valence-corrected chi connectivity index (χ2v) is 9.13. The Morgan fingerprint density at radius 1 is 1.31 bits per heavy atom. The summed E-state index contributed by atoms with van der Waals surface area (Å²) in [6.07, 6.45) is 1.59. The Balaban J connectivity index is 1.90. The summed E-state index contributed by atoms with van der Waals surface area (Å²) < 4.78 is 1.89. The Labute approximate surface area is 181 Å². The number of aromatic nitrogens is 1. The summed E-state index contributed by atoms with van der Waals surface area (Å²) in [6.45, 7) is 2.00. The van der Waals surface area contributed by atoms with Gasteiger partial charge in [0.2, 0.25) is 0 Å². The highest BCUT2D eigenvalue weighted by atomic mass is 35.5. The van der Waals surface area contributed by atoms with Crippen molar-refractivity contribution in [1.82, 2.24) is 4.57 Å². The zero-order valence-corrected chi connectivity index (χ0v) is 18.3. The lowest BCUT2D eigenvalue weighted by molar-refractivity contribution is -0.133. The maximum atomic E-state index is 13.4. The van der Waals surface area contributed by atoms with Crippen molar-refractivity contribution in [3.05, 3.63) is 51.5 Å². The third-order valence-corrected chi connectivity index (χ3v) is 6.82. The van der Waals surface area contributed by atoms with Gasteiger partial charge in [-0.3, -0.25) is 9.59 Å². The molecule has 154 valence electrons. The Hall–Kier alpha value is -2.00. The van der Waals surface area contributed by atoms with E-state index in [1.165, 1.54) is 11.3 Å². The summed E-state index contributed by atoms with van der Waals surface area (Å²) in [5, 5.41) is 23.8. The maximum absolute atomic E-state index is 13.4. The van der Waals surface area contributed by atoms with Gasteiger partial charge in [-0.2, -0.15) is 0 Å². The van der Waals surface area contributed by atoms with Crippen LogP contribution in [-0.4, -0.2) is 44.3 Å². The minimum atomic E-state index is -0.962. The van der Waals surface area contributed by atoms with Gasteiger partial charge in [-0.1, -0.05) is 18.5 Å². The van der Waals surface area contributed by atoms with Crippen LogP contribution < -0.4 is 5.32 Å². The number of aliphatic hydroxyl groups excluding tert-OH is 1. The topological polar surface area (TPSA) is 91.6 Å². The van der Waals surface area contributed by atoms with E-state index in [0.717, 1.165) is 34.0 Å². The molecular formula is C20H21ClN2O4S2. The summed E-state index contributed by atoms with van der Waals surface area (Å²) >= 11 is 8.66. The number of nitrogens with one attached hydrogen (secondary N) is 1. The molecule has 29 heavy (non-hydrogen) atoms. The van der Waals surface area contributed by atoms with Gasteiger partial charge in [-0.05, 0) is 30.7 Å². The number of carboxylic acids is 1. The number of thioether (sulfide) groups is 1. The molecule has 0 amide bonds. The van der Waals surface area contributed by atoms with E-state index in [9.17, 15) is 14.7 Å².